The van der Waals surface area contributed by atoms with E-state index in [-0.39, 0.29) is 18.5 Å². The molecule has 0 fully saturated rings. The van der Waals surface area contributed by atoms with Gasteiger partial charge in [0.25, 0.3) is 0 Å². The number of rotatable bonds is 4. The van der Waals surface area contributed by atoms with Crippen LogP contribution in [0.5, 0.6) is 0 Å². The molecule has 0 unspecified atom stereocenters. The summed E-state index contributed by atoms with van der Waals surface area (Å²) >= 11 is 0. The Hall–Kier alpha value is -2.88. The molecule has 1 heterocycles. The molecule has 0 saturated carbocycles. The standard InChI is InChI=1S/C20H18O4/c1-3-23-18(21)12-16-19(22)15-6-4-5-7-17(15)24-20(16)14-10-8-13(2)9-11-14/h4-11H,3,12H2,1-2H3. The molecule has 2 aromatic carbocycles. The average Bonchev–Trinajstić information content (AvgIpc) is 2.58. The van der Waals surface area contributed by atoms with E-state index in [2.05, 4.69) is 0 Å². The molecule has 0 saturated heterocycles. The number of hydrogen-bond acceptors (Lipinski definition) is 4. The molecule has 1 aromatic heterocycles. The Bertz CT molecular complexity index is 936. The van der Waals surface area contributed by atoms with E-state index in [0.29, 0.717) is 22.3 Å². The van der Waals surface area contributed by atoms with Crippen molar-refractivity contribution in [2.45, 2.75) is 20.3 Å². The van der Waals surface area contributed by atoms with Crippen LogP contribution in [0.2, 0.25) is 0 Å². The van der Waals surface area contributed by atoms with Crippen molar-refractivity contribution >= 4 is 16.9 Å². The molecule has 0 aliphatic heterocycles. The van der Waals surface area contributed by atoms with Crippen LogP contribution in [0.25, 0.3) is 22.3 Å². The molecule has 122 valence electrons. The molecule has 4 nitrogen and oxygen atoms in total. The average molecular weight is 322 g/mol. The van der Waals surface area contributed by atoms with Crippen LogP contribution in [0, 0.1) is 6.92 Å². The second-order valence-corrected chi connectivity index (χ2v) is 5.58. The summed E-state index contributed by atoms with van der Waals surface area (Å²) in [6.07, 6.45) is -0.107. The zero-order valence-corrected chi connectivity index (χ0v) is 13.7. The predicted octanol–water partition coefficient (Wildman–Crippen LogP) is 3.87. The van der Waals surface area contributed by atoms with Gasteiger partial charge in [0.2, 0.25) is 0 Å². The van der Waals surface area contributed by atoms with Crippen molar-refractivity contribution in [1.82, 2.24) is 0 Å². The van der Waals surface area contributed by atoms with Gasteiger partial charge >= 0.3 is 5.97 Å². The largest absolute Gasteiger partial charge is 0.466 e. The Morgan fingerprint density at radius 2 is 1.79 bits per heavy atom. The van der Waals surface area contributed by atoms with Gasteiger partial charge in [0.15, 0.2) is 5.43 Å². The van der Waals surface area contributed by atoms with Gasteiger partial charge in [0.05, 0.1) is 24.0 Å². The highest BCUT2D eigenvalue weighted by molar-refractivity contribution is 5.83. The van der Waals surface area contributed by atoms with Crippen LogP contribution in [-0.4, -0.2) is 12.6 Å². The fourth-order valence-electron chi connectivity index (χ4n) is 2.64. The SMILES string of the molecule is CCOC(=O)Cc1c(-c2ccc(C)cc2)oc2ccccc2c1=O. The van der Waals surface area contributed by atoms with Gasteiger partial charge in [-0.15, -0.1) is 0 Å². The van der Waals surface area contributed by atoms with E-state index in [4.69, 9.17) is 9.15 Å². The lowest BCUT2D eigenvalue weighted by Crippen LogP contribution is -2.17. The summed E-state index contributed by atoms with van der Waals surface area (Å²) in [5.74, 6) is -0.0137. The Kier molecular flexibility index (Phi) is 4.47. The number of benzene rings is 2. The van der Waals surface area contributed by atoms with Crippen molar-refractivity contribution in [2.24, 2.45) is 0 Å². The molecule has 24 heavy (non-hydrogen) atoms. The predicted molar refractivity (Wildman–Crippen MR) is 93.0 cm³/mol. The van der Waals surface area contributed by atoms with Crippen molar-refractivity contribution in [3.8, 4) is 11.3 Å². The molecular formula is C20H18O4. The molecule has 0 N–H and O–H groups in total. The van der Waals surface area contributed by atoms with Crippen LogP contribution in [0.15, 0.2) is 57.7 Å². The smallest absolute Gasteiger partial charge is 0.310 e. The maximum Gasteiger partial charge on any atom is 0.310 e. The molecule has 0 atom stereocenters. The Labute approximate surface area is 139 Å². The lowest BCUT2D eigenvalue weighted by molar-refractivity contribution is -0.142. The highest BCUT2D eigenvalue weighted by atomic mass is 16.5. The van der Waals surface area contributed by atoms with Crippen molar-refractivity contribution in [1.29, 1.82) is 0 Å². The maximum absolute atomic E-state index is 12.9. The Morgan fingerprint density at radius 3 is 2.50 bits per heavy atom. The van der Waals surface area contributed by atoms with Gasteiger partial charge in [-0.2, -0.15) is 0 Å². The van der Waals surface area contributed by atoms with Crippen molar-refractivity contribution < 1.29 is 13.9 Å². The molecule has 4 heteroatoms. The van der Waals surface area contributed by atoms with E-state index >= 15 is 0 Å². The number of carbonyl (C=O) groups excluding carboxylic acids is 1. The summed E-state index contributed by atoms with van der Waals surface area (Å²) < 4.78 is 11.0. The van der Waals surface area contributed by atoms with Crippen LogP contribution in [-0.2, 0) is 16.0 Å². The number of carbonyl (C=O) groups is 1. The van der Waals surface area contributed by atoms with Gasteiger partial charge in [0, 0.05) is 5.56 Å². The zero-order valence-electron chi connectivity index (χ0n) is 13.7. The Morgan fingerprint density at radius 1 is 1.08 bits per heavy atom. The first kappa shape index (κ1) is 16.0. The molecule has 0 aliphatic rings. The van der Waals surface area contributed by atoms with Gasteiger partial charge in [-0.05, 0) is 26.0 Å². The van der Waals surface area contributed by atoms with Crippen molar-refractivity contribution in [3.63, 3.8) is 0 Å². The number of aryl methyl sites for hydroxylation is 1. The summed E-state index contributed by atoms with van der Waals surface area (Å²) in [6, 6.07) is 14.7. The molecule has 3 aromatic rings. The summed E-state index contributed by atoms with van der Waals surface area (Å²) in [6.45, 7) is 4.00. The minimum absolute atomic E-state index is 0.107. The van der Waals surface area contributed by atoms with Gasteiger partial charge < -0.3 is 9.15 Å². The van der Waals surface area contributed by atoms with Crippen molar-refractivity contribution in [2.75, 3.05) is 6.61 Å². The highest BCUT2D eigenvalue weighted by Crippen LogP contribution is 2.26. The lowest BCUT2D eigenvalue weighted by Gasteiger charge is -2.10. The topological polar surface area (TPSA) is 56.5 Å². The zero-order chi connectivity index (χ0) is 17.1. The molecule has 0 radical (unpaired) electrons. The fraction of sp³-hybridized carbons (Fsp3) is 0.200. The molecule has 0 amide bonds. The van der Waals surface area contributed by atoms with Gasteiger partial charge in [-0.3, -0.25) is 9.59 Å². The van der Waals surface area contributed by atoms with Crippen LogP contribution >= 0.6 is 0 Å². The summed E-state index contributed by atoms with van der Waals surface area (Å²) in [7, 11) is 0. The monoisotopic (exact) mass is 322 g/mol. The first-order valence-electron chi connectivity index (χ1n) is 7.87. The van der Waals surface area contributed by atoms with Crippen LogP contribution in [0.3, 0.4) is 0 Å². The molecule has 0 aliphatic carbocycles. The third-order valence-electron chi connectivity index (χ3n) is 3.83. The number of hydrogen-bond donors (Lipinski definition) is 0. The van der Waals surface area contributed by atoms with Crippen LogP contribution in [0.1, 0.15) is 18.1 Å². The lowest BCUT2D eigenvalue weighted by atomic mass is 10.0. The number of fused-ring (bicyclic) bond motifs is 1. The van der Waals surface area contributed by atoms with Crippen LogP contribution < -0.4 is 5.43 Å². The molecular weight excluding hydrogens is 304 g/mol. The normalized spacial score (nSPS) is 10.8. The number of para-hydroxylation sites is 1. The van der Waals surface area contributed by atoms with E-state index in [1.165, 1.54) is 0 Å². The quantitative estimate of drug-likeness (QED) is 0.684. The van der Waals surface area contributed by atoms with E-state index in [0.717, 1.165) is 11.1 Å². The number of ether oxygens (including phenoxy) is 1. The van der Waals surface area contributed by atoms with E-state index < -0.39 is 5.97 Å². The van der Waals surface area contributed by atoms with E-state index in [9.17, 15) is 9.59 Å². The second-order valence-electron chi connectivity index (χ2n) is 5.58. The maximum atomic E-state index is 12.9. The molecule has 0 spiro atoms. The fourth-order valence-corrected chi connectivity index (χ4v) is 2.64. The van der Waals surface area contributed by atoms with Gasteiger partial charge in [-0.1, -0.05) is 42.0 Å². The molecule has 0 bridgehead atoms. The Balaban J connectivity index is 2.23. The minimum Gasteiger partial charge on any atom is -0.466 e. The minimum atomic E-state index is -0.437. The van der Waals surface area contributed by atoms with Crippen molar-refractivity contribution in [3.05, 3.63) is 69.9 Å². The first-order valence-corrected chi connectivity index (χ1v) is 7.87. The van der Waals surface area contributed by atoms with Crippen LogP contribution in [0.4, 0.5) is 0 Å². The first-order chi connectivity index (χ1) is 11.6. The third kappa shape index (κ3) is 3.08. The summed E-state index contributed by atoms with van der Waals surface area (Å²) in [4.78, 5) is 24.8. The van der Waals surface area contributed by atoms with Gasteiger partial charge in [0.1, 0.15) is 11.3 Å². The number of esters is 1. The highest BCUT2D eigenvalue weighted by Gasteiger charge is 2.19. The second kappa shape index (κ2) is 6.71. The summed E-state index contributed by atoms with van der Waals surface area (Å²) in [5, 5.41) is 0.465. The summed E-state index contributed by atoms with van der Waals surface area (Å²) in [5.41, 5.74) is 2.51. The van der Waals surface area contributed by atoms with Gasteiger partial charge in [-0.25, -0.2) is 0 Å². The molecule has 3 rings (SSSR count). The third-order valence-corrected chi connectivity index (χ3v) is 3.83. The van der Waals surface area contributed by atoms with E-state index in [1.54, 1.807) is 25.1 Å². The van der Waals surface area contributed by atoms with E-state index in [1.807, 2.05) is 37.3 Å².